The summed E-state index contributed by atoms with van der Waals surface area (Å²) in [5, 5.41) is 7.15. The number of nitrogens with one attached hydrogen (secondary N) is 3. The third-order valence-corrected chi connectivity index (χ3v) is 4.17. The van der Waals surface area contributed by atoms with Gasteiger partial charge < -0.3 is 25.1 Å². The highest BCUT2D eigenvalue weighted by Crippen LogP contribution is 2.36. The number of furan rings is 1. The molecule has 0 aliphatic heterocycles. The zero-order chi connectivity index (χ0) is 24.0. The SMILES string of the molecule is O=C(CNc1ccc(NC(=O)c2ccoc2)cc1C(F)(F)F)Nc1ccc(OC(F)F)cc1. The van der Waals surface area contributed by atoms with Crippen LogP contribution in [0.2, 0.25) is 0 Å². The van der Waals surface area contributed by atoms with Gasteiger partial charge in [-0.1, -0.05) is 0 Å². The number of alkyl halides is 5. The van der Waals surface area contributed by atoms with Crippen LogP contribution >= 0.6 is 0 Å². The lowest BCUT2D eigenvalue weighted by Crippen LogP contribution is -2.23. The molecule has 1 aromatic heterocycles. The van der Waals surface area contributed by atoms with E-state index in [1.165, 1.54) is 42.7 Å². The smallest absolute Gasteiger partial charge is 0.418 e. The Balaban J connectivity index is 1.64. The van der Waals surface area contributed by atoms with Crippen molar-refractivity contribution < 1.29 is 40.7 Å². The number of halogens is 5. The molecule has 12 heteroatoms. The Morgan fingerprint density at radius 1 is 0.970 bits per heavy atom. The maximum Gasteiger partial charge on any atom is 0.418 e. The van der Waals surface area contributed by atoms with Crippen LogP contribution in [0.5, 0.6) is 5.75 Å². The van der Waals surface area contributed by atoms with Crippen LogP contribution in [0.1, 0.15) is 15.9 Å². The Hall–Kier alpha value is -4.09. The van der Waals surface area contributed by atoms with E-state index in [2.05, 4.69) is 20.7 Å². The summed E-state index contributed by atoms with van der Waals surface area (Å²) < 4.78 is 73.8. The summed E-state index contributed by atoms with van der Waals surface area (Å²) in [6.45, 7) is -3.51. The minimum absolute atomic E-state index is 0.102. The molecule has 1 heterocycles. The highest BCUT2D eigenvalue weighted by Gasteiger charge is 2.34. The number of rotatable bonds is 8. The van der Waals surface area contributed by atoms with E-state index >= 15 is 0 Å². The van der Waals surface area contributed by atoms with Gasteiger partial charge in [0.2, 0.25) is 5.91 Å². The summed E-state index contributed by atoms with van der Waals surface area (Å²) in [6, 6.07) is 9.42. The predicted molar refractivity (Wildman–Crippen MR) is 108 cm³/mol. The van der Waals surface area contributed by atoms with E-state index in [4.69, 9.17) is 4.42 Å². The molecule has 0 unspecified atom stereocenters. The number of carbonyl (C=O) groups excluding carboxylic acids is 2. The second-order valence-electron chi connectivity index (χ2n) is 6.53. The quantitative estimate of drug-likeness (QED) is 0.395. The van der Waals surface area contributed by atoms with Crippen LogP contribution in [0.4, 0.5) is 39.0 Å². The number of anilines is 3. The number of carbonyl (C=O) groups is 2. The first-order valence-corrected chi connectivity index (χ1v) is 9.25. The normalized spacial score (nSPS) is 11.2. The van der Waals surface area contributed by atoms with Crippen LogP contribution < -0.4 is 20.7 Å². The van der Waals surface area contributed by atoms with Crippen molar-refractivity contribution in [1.29, 1.82) is 0 Å². The fourth-order valence-electron chi connectivity index (χ4n) is 2.71. The highest BCUT2D eigenvalue weighted by atomic mass is 19.4. The molecule has 0 saturated carbocycles. The van der Waals surface area contributed by atoms with Crippen molar-refractivity contribution >= 4 is 28.9 Å². The van der Waals surface area contributed by atoms with Gasteiger partial charge in [0.1, 0.15) is 12.0 Å². The average Bonchev–Trinajstić information content (AvgIpc) is 3.28. The summed E-state index contributed by atoms with van der Waals surface area (Å²) in [6.07, 6.45) is -2.37. The zero-order valence-corrected chi connectivity index (χ0v) is 16.6. The van der Waals surface area contributed by atoms with Crippen LogP contribution in [0.3, 0.4) is 0 Å². The molecule has 0 radical (unpaired) electrons. The van der Waals surface area contributed by atoms with Gasteiger partial charge in [-0.2, -0.15) is 22.0 Å². The Kier molecular flexibility index (Phi) is 7.16. The first-order chi connectivity index (χ1) is 15.6. The fourth-order valence-corrected chi connectivity index (χ4v) is 2.71. The Bertz CT molecular complexity index is 1100. The standard InChI is InChI=1S/C21H16F5N3O4/c22-20(23)33-15-4-1-13(2-5-15)28-18(30)10-27-17-6-3-14(9-16(17)21(24,25)26)29-19(31)12-7-8-32-11-12/h1-9,11,20,27H,10H2,(H,28,30)(H,29,31). The molecule has 0 aliphatic rings. The van der Waals surface area contributed by atoms with Gasteiger partial charge in [-0.15, -0.1) is 0 Å². The van der Waals surface area contributed by atoms with Crippen LogP contribution in [0, 0.1) is 0 Å². The molecule has 7 nitrogen and oxygen atoms in total. The molecule has 174 valence electrons. The third kappa shape index (κ3) is 6.69. The molecule has 0 atom stereocenters. The summed E-state index contributed by atoms with van der Waals surface area (Å²) >= 11 is 0. The Labute approximate surface area is 183 Å². The molecule has 33 heavy (non-hydrogen) atoms. The van der Waals surface area contributed by atoms with Gasteiger partial charge in [-0.05, 0) is 48.5 Å². The third-order valence-electron chi connectivity index (χ3n) is 4.17. The van der Waals surface area contributed by atoms with E-state index in [1.54, 1.807) is 0 Å². The summed E-state index contributed by atoms with van der Waals surface area (Å²) in [5.41, 5.74) is -1.20. The first-order valence-electron chi connectivity index (χ1n) is 9.25. The van der Waals surface area contributed by atoms with Crippen LogP contribution in [0.15, 0.2) is 65.5 Å². The summed E-state index contributed by atoms with van der Waals surface area (Å²) in [5.74, 6) is -1.44. The maximum absolute atomic E-state index is 13.5. The number of benzene rings is 2. The van der Waals surface area contributed by atoms with E-state index in [1.807, 2.05) is 0 Å². The molecule has 0 aliphatic carbocycles. The van der Waals surface area contributed by atoms with Crippen molar-refractivity contribution in [2.24, 2.45) is 0 Å². The molecular weight excluding hydrogens is 453 g/mol. The number of hydrogen-bond acceptors (Lipinski definition) is 5. The molecule has 2 amide bonds. The summed E-state index contributed by atoms with van der Waals surface area (Å²) in [4.78, 5) is 24.1. The largest absolute Gasteiger partial charge is 0.472 e. The number of hydrogen-bond donors (Lipinski definition) is 3. The van der Waals surface area contributed by atoms with Gasteiger partial charge in [0.15, 0.2) is 0 Å². The highest BCUT2D eigenvalue weighted by molar-refractivity contribution is 6.04. The maximum atomic E-state index is 13.5. The van der Waals surface area contributed by atoms with Crippen molar-refractivity contribution in [3.8, 4) is 5.75 Å². The van der Waals surface area contributed by atoms with Gasteiger partial charge >= 0.3 is 12.8 Å². The molecule has 2 aromatic carbocycles. The first kappa shape index (κ1) is 23.6. The number of ether oxygens (including phenoxy) is 1. The monoisotopic (exact) mass is 469 g/mol. The fraction of sp³-hybridized carbons (Fsp3) is 0.143. The van der Waals surface area contributed by atoms with E-state index in [0.29, 0.717) is 0 Å². The van der Waals surface area contributed by atoms with Crippen LogP contribution in [-0.4, -0.2) is 25.0 Å². The zero-order valence-electron chi connectivity index (χ0n) is 16.6. The van der Waals surface area contributed by atoms with Gasteiger partial charge in [-0.3, -0.25) is 9.59 Å². The van der Waals surface area contributed by atoms with Gasteiger partial charge in [0.25, 0.3) is 5.91 Å². The van der Waals surface area contributed by atoms with Crippen LogP contribution in [-0.2, 0) is 11.0 Å². The molecule has 0 saturated heterocycles. The number of amides is 2. The van der Waals surface area contributed by atoms with E-state index in [0.717, 1.165) is 18.4 Å². The van der Waals surface area contributed by atoms with Crippen LogP contribution in [0.25, 0.3) is 0 Å². The van der Waals surface area contributed by atoms with E-state index in [-0.39, 0.29) is 28.4 Å². The average molecular weight is 469 g/mol. The second kappa shape index (κ2) is 10.0. The van der Waals surface area contributed by atoms with Crippen molar-refractivity contribution in [2.45, 2.75) is 12.8 Å². The van der Waals surface area contributed by atoms with E-state index in [9.17, 15) is 31.5 Å². The minimum Gasteiger partial charge on any atom is -0.472 e. The lowest BCUT2D eigenvalue weighted by atomic mass is 10.1. The molecule has 3 rings (SSSR count). The molecule has 3 aromatic rings. The topological polar surface area (TPSA) is 92.6 Å². The lowest BCUT2D eigenvalue weighted by molar-refractivity contribution is -0.137. The molecule has 0 bridgehead atoms. The van der Waals surface area contributed by atoms with Crippen molar-refractivity contribution in [3.05, 3.63) is 72.2 Å². The second-order valence-corrected chi connectivity index (χ2v) is 6.53. The molecule has 3 N–H and O–H groups in total. The Morgan fingerprint density at radius 3 is 2.27 bits per heavy atom. The van der Waals surface area contributed by atoms with Gasteiger partial charge in [-0.25, -0.2) is 0 Å². The van der Waals surface area contributed by atoms with Crippen molar-refractivity contribution in [1.82, 2.24) is 0 Å². The van der Waals surface area contributed by atoms with Crippen molar-refractivity contribution in [3.63, 3.8) is 0 Å². The molecular formula is C21H16F5N3O4. The van der Waals surface area contributed by atoms with E-state index < -0.39 is 36.7 Å². The van der Waals surface area contributed by atoms with Crippen molar-refractivity contribution in [2.75, 3.05) is 22.5 Å². The summed E-state index contributed by atoms with van der Waals surface area (Å²) in [7, 11) is 0. The van der Waals surface area contributed by atoms with Gasteiger partial charge in [0.05, 0.1) is 23.9 Å². The minimum atomic E-state index is -4.77. The molecule has 0 spiro atoms. The predicted octanol–water partition coefficient (Wildman–Crippen LogP) is 5.20. The Morgan fingerprint density at radius 2 is 1.67 bits per heavy atom. The lowest BCUT2D eigenvalue weighted by Gasteiger charge is -2.16. The van der Waals surface area contributed by atoms with Gasteiger partial charge in [0, 0.05) is 17.1 Å². The molecule has 0 fully saturated rings.